The van der Waals surface area contributed by atoms with Gasteiger partial charge in [-0.15, -0.1) is 0 Å². The number of benzene rings is 2. The van der Waals surface area contributed by atoms with E-state index in [0.29, 0.717) is 28.3 Å². The molecule has 0 bridgehead atoms. The second kappa shape index (κ2) is 7.25. The summed E-state index contributed by atoms with van der Waals surface area (Å²) in [6.45, 7) is 1.84. The Morgan fingerprint density at radius 1 is 1.07 bits per heavy atom. The van der Waals surface area contributed by atoms with E-state index in [0.717, 1.165) is 11.4 Å². The first-order valence-electron chi connectivity index (χ1n) is 8.67. The molecular formula is C22H16N4O2. The molecule has 0 spiro atoms. The molecule has 4 aromatic rings. The van der Waals surface area contributed by atoms with Crippen molar-refractivity contribution in [1.29, 1.82) is 5.26 Å². The van der Waals surface area contributed by atoms with E-state index in [1.807, 2.05) is 43.3 Å². The van der Waals surface area contributed by atoms with Crippen molar-refractivity contribution in [2.24, 2.45) is 0 Å². The number of nitrogens with zero attached hydrogens (tertiary/aromatic N) is 3. The first-order chi connectivity index (χ1) is 13.6. The third-order valence-corrected chi connectivity index (χ3v) is 4.23. The van der Waals surface area contributed by atoms with E-state index in [1.165, 1.54) is 0 Å². The Kier molecular flexibility index (Phi) is 4.48. The summed E-state index contributed by atoms with van der Waals surface area (Å²) in [4.78, 5) is 12.9. The molecule has 136 valence electrons. The minimum Gasteiger partial charge on any atom is -0.460 e. The number of hydrogen-bond donors (Lipinski definition) is 1. The van der Waals surface area contributed by atoms with Crippen molar-refractivity contribution >= 4 is 11.6 Å². The first kappa shape index (κ1) is 17.3. The van der Waals surface area contributed by atoms with Gasteiger partial charge in [-0.2, -0.15) is 10.4 Å². The molecule has 0 aliphatic heterocycles. The zero-order valence-electron chi connectivity index (χ0n) is 15.1. The van der Waals surface area contributed by atoms with Crippen LogP contribution in [0.4, 0.5) is 5.69 Å². The molecule has 2 aromatic heterocycles. The first-order valence-corrected chi connectivity index (χ1v) is 8.67. The van der Waals surface area contributed by atoms with Gasteiger partial charge in [-0.1, -0.05) is 18.2 Å². The number of aromatic nitrogens is 2. The van der Waals surface area contributed by atoms with Gasteiger partial charge in [-0.05, 0) is 55.5 Å². The van der Waals surface area contributed by atoms with Gasteiger partial charge in [0.2, 0.25) is 0 Å². The number of aryl methyl sites for hydroxylation is 1. The minimum atomic E-state index is -0.309. The zero-order valence-corrected chi connectivity index (χ0v) is 15.1. The summed E-state index contributed by atoms with van der Waals surface area (Å²) in [5.74, 6) is 0.954. The van der Waals surface area contributed by atoms with Gasteiger partial charge in [0.1, 0.15) is 11.5 Å². The Hall–Kier alpha value is -4.11. The van der Waals surface area contributed by atoms with Gasteiger partial charge in [-0.25, -0.2) is 4.68 Å². The lowest BCUT2D eigenvalue weighted by Crippen LogP contribution is -2.12. The molecule has 6 heteroatoms. The smallest absolute Gasteiger partial charge is 0.259 e. The SMILES string of the molecule is Cc1ccc(-c2nn(-c3ccccc3)cc2C(=O)Nc2ccc(C#N)cc2)o1. The van der Waals surface area contributed by atoms with Crippen LogP contribution in [-0.2, 0) is 0 Å². The van der Waals surface area contributed by atoms with E-state index >= 15 is 0 Å². The maximum absolute atomic E-state index is 12.9. The Bertz CT molecular complexity index is 1170. The highest BCUT2D eigenvalue weighted by Gasteiger charge is 2.21. The van der Waals surface area contributed by atoms with Gasteiger partial charge in [0, 0.05) is 11.9 Å². The molecule has 4 rings (SSSR count). The highest BCUT2D eigenvalue weighted by atomic mass is 16.3. The maximum Gasteiger partial charge on any atom is 0.259 e. The van der Waals surface area contributed by atoms with Gasteiger partial charge in [-0.3, -0.25) is 4.79 Å². The van der Waals surface area contributed by atoms with Crippen LogP contribution in [0, 0.1) is 18.3 Å². The van der Waals surface area contributed by atoms with Gasteiger partial charge in [0.25, 0.3) is 5.91 Å². The van der Waals surface area contributed by atoms with Crippen molar-refractivity contribution < 1.29 is 9.21 Å². The number of para-hydroxylation sites is 1. The average molecular weight is 368 g/mol. The molecule has 1 N–H and O–H groups in total. The topological polar surface area (TPSA) is 83.9 Å². The van der Waals surface area contributed by atoms with Crippen molar-refractivity contribution in [1.82, 2.24) is 9.78 Å². The molecule has 0 radical (unpaired) electrons. The van der Waals surface area contributed by atoms with Crippen molar-refractivity contribution in [3.8, 4) is 23.2 Å². The quantitative estimate of drug-likeness (QED) is 0.572. The highest BCUT2D eigenvalue weighted by molar-refractivity contribution is 6.07. The van der Waals surface area contributed by atoms with E-state index in [4.69, 9.17) is 9.68 Å². The summed E-state index contributed by atoms with van der Waals surface area (Å²) in [7, 11) is 0. The van der Waals surface area contributed by atoms with Crippen LogP contribution in [0.1, 0.15) is 21.7 Å². The number of amides is 1. The number of nitriles is 1. The normalized spacial score (nSPS) is 10.4. The molecule has 2 heterocycles. The molecule has 0 unspecified atom stereocenters. The lowest BCUT2D eigenvalue weighted by atomic mass is 10.2. The van der Waals surface area contributed by atoms with Crippen LogP contribution >= 0.6 is 0 Å². The van der Waals surface area contributed by atoms with Crippen molar-refractivity contribution in [3.63, 3.8) is 0 Å². The molecule has 1 amide bonds. The summed E-state index contributed by atoms with van der Waals surface area (Å²) in [5.41, 5.74) is 2.81. The lowest BCUT2D eigenvalue weighted by Gasteiger charge is -2.04. The Morgan fingerprint density at radius 2 is 1.82 bits per heavy atom. The summed E-state index contributed by atoms with van der Waals surface area (Å²) in [5, 5.41) is 16.3. The zero-order chi connectivity index (χ0) is 19.5. The van der Waals surface area contributed by atoms with E-state index < -0.39 is 0 Å². The predicted octanol–water partition coefficient (Wildman–Crippen LogP) is 4.56. The number of nitrogens with one attached hydrogen (secondary N) is 1. The number of anilines is 1. The predicted molar refractivity (Wildman–Crippen MR) is 105 cm³/mol. The molecule has 0 aliphatic rings. The molecular weight excluding hydrogens is 352 g/mol. The Balaban J connectivity index is 1.72. The summed E-state index contributed by atoms with van der Waals surface area (Å²) in [6.07, 6.45) is 1.68. The van der Waals surface area contributed by atoms with Gasteiger partial charge >= 0.3 is 0 Å². The van der Waals surface area contributed by atoms with Crippen LogP contribution in [0.5, 0.6) is 0 Å². The Morgan fingerprint density at radius 3 is 2.46 bits per heavy atom. The van der Waals surface area contributed by atoms with E-state index in [1.54, 1.807) is 41.2 Å². The largest absolute Gasteiger partial charge is 0.460 e. The molecule has 0 atom stereocenters. The molecule has 0 aliphatic carbocycles. The highest BCUT2D eigenvalue weighted by Crippen LogP contribution is 2.26. The number of hydrogen-bond acceptors (Lipinski definition) is 4. The van der Waals surface area contributed by atoms with Crippen LogP contribution in [0.2, 0.25) is 0 Å². The molecule has 28 heavy (non-hydrogen) atoms. The molecule has 0 fully saturated rings. The molecule has 0 saturated heterocycles. The van der Waals surface area contributed by atoms with Crippen molar-refractivity contribution in [2.45, 2.75) is 6.92 Å². The Labute approximate surface area is 161 Å². The molecule has 2 aromatic carbocycles. The van der Waals surface area contributed by atoms with Crippen LogP contribution in [0.25, 0.3) is 17.1 Å². The van der Waals surface area contributed by atoms with Gasteiger partial charge in [0.05, 0.1) is 22.9 Å². The summed E-state index contributed by atoms with van der Waals surface area (Å²) < 4.78 is 7.35. The average Bonchev–Trinajstić information content (AvgIpc) is 3.36. The van der Waals surface area contributed by atoms with Crippen LogP contribution < -0.4 is 5.32 Å². The monoisotopic (exact) mass is 368 g/mol. The minimum absolute atomic E-state index is 0.309. The molecule has 6 nitrogen and oxygen atoms in total. The fourth-order valence-corrected chi connectivity index (χ4v) is 2.82. The fraction of sp³-hybridized carbons (Fsp3) is 0.0455. The van der Waals surface area contributed by atoms with Crippen molar-refractivity contribution in [2.75, 3.05) is 5.32 Å². The van der Waals surface area contributed by atoms with E-state index in [9.17, 15) is 4.79 Å². The lowest BCUT2D eigenvalue weighted by molar-refractivity contribution is 0.102. The third-order valence-electron chi connectivity index (χ3n) is 4.23. The van der Waals surface area contributed by atoms with E-state index in [-0.39, 0.29) is 5.91 Å². The summed E-state index contributed by atoms with van der Waals surface area (Å²) in [6, 6.07) is 21.9. The third kappa shape index (κ3) is 3.41. The standard InChI is InChI=1S/C22H16N4O2/c1-15-7-12-20(28-15)21-19(14-26(25-21)18-5-3-2-4-6-18)22(27)24-17-10-8-16(13-23)9-11-17/h2-12,14H,1H3,(H,24,27). The second-order valence-corrected chi connectivity index (χ2v) is 6.23. The maximum atomic E-state index is 12.9. The number of carbonyl (C=O) groups excluding carboxylic acids is 1. The van der Waals surface area contributed by atoms with Gasteiger partial charge in [0.15, 0.2) is 5.76 Å². The number of furan rings is 1. The van der Waals surface area contributed by atoms with Gasteiger partial charge < -0.3 is 9.73 Å². The second-order valence-electron chi connectivity index (χ2n) is 6.23. The number of rotatable bonds is 4. The fourth-order valence-electron chi connectivity index (χ4n) is 2.82. The van der Waals surface area contributed by atoms with Crippen molar-refractivity contribution in [3.05, 3.63) is 89.8 Å². The molecule has 0 saturated carbocycles. The number of carbonyl (C=O) groups is 1. The van der Waals surface area contributed by atoms with Crippen LogP contribution in [-0.4, -0.2) is 15.7 Å². The van der Waals surface area contributed by atoms with Crippen LogP contribution in [0.3, 0.4) is 0 Å². The van der Waals surface area contributed by atoms with E-state index in [2.05, 4.69) is 16.5 Å². The van der Waals surface area contributed by atoms with Crippen LogP contribution in [0.15, 0.2) is 77.3 Å². The summed E-state index contributed by atoms with van der Waals surface area (Å²) >= 11 is 0.